The van der Waals surface area contributed by atoms with Crippen molar-refractivity contribution in [2.45, 2.75) is 13.3 Å². The predicted molar refractivity (Wildman–Crippen MR) is 43.9 cm³/mol. The molecule has 4 N–H and O–H groups in total. The molecule has 6 heteroatoms. The molecule has 0 saturated heterocycles. The summed E-state index contributed by atoms with van der Waals surface area (Å²) in [6, 6.07) is 0. The summed E-state index contributed by atoms with van der Waals surface area (Å²) in [5.74, 6) is -2.68. The summed E-state index contributed by atoms with van der Waals surface area (Å²) in [7, 11) is 0. The monoisotopic (exact) mass is 189 g/mol. The Kier molecular flexibility index (Phi) is 8.71. The fourth-order valence-corrected chi connectivity index (χ4v) is 0.153. The summed E-state index contributed by atoms with van der Waals surface area (Å²) in [5, 5.41) is 15.6. The number of amides is 1. The second-order valence-electron chi connectivity index (χ2n) is 1.82. The van der Waals surface area contributed by atoms with E-state index in [4.69, 9.17) is 10.2 Å². The zero-order valence-corrected chi connectivity index (χ0v) is 7.06. The normalized spacial score (nSPS) is 8.69. The van der Waals surface area contributed by atoms with Gasteiger partial charge in [-0.15, -0.1) is 0 Å². The van der Waals surface area contributed by atoms with Gasteiger partial charge in [-0.3, -0.25) is 9.59 Å². The molecule has 13 heavy (non-hydrogen) atoms. The summed E-state index contributed by atoms with van der Waals surface area (Å²) < 4.78 is 0. The Morgan fingerprint density at radius 2 is 1.62 bits per heavy atom. The van der Waals surface area contributed by atoms with Crippen molar-refractivity contribution in [2.75, 3.05) is 0 Å². The minimum Gasteiger partial charge on any atom is -0.481 e. The molecular weight excluding hydrogens is 178 g/mol. The van der Waals surface area contributed by atoms with Crippen molar-refractivity contribution in [3.63, 3.8) is 0 Å². The highest BCUT2D eigenvalue weighted by atomic mass is 16.4. The van der Waals surface area contributed by atoms with Crippen LogP contribution in [0.15, 0.2) is 12.2 Å². The predicted octanol–water partition coefficient (Wildman–Crippen LogP) is -0.406. The molecule has 0 aromatic carbocycles. The fraction of sp³-hybridized carbons (Fsp3) is 0.286. The van der Waals surface area contributed by atoms with Crippen LogP contribution >= 0.6 is 0 Å². The van der Waals surface area contributed by atoms with Crippen molar-refractivity contribution in [3.05, 3.63) is 12.2 Å². The number of hydrogen-bond donors (Lipinski definition) is 3. The molecule has 0 bridgehead atoms. The molecule has 74 valence electrons. The molecule has 0 radical (unpaired) electrons. The van der Waals surface area contributed by atoms with Crippen LogP contribution in [0.5, 0.6) is 0 Å². The van der Waals surface area contributed by atoms with Gasteiger partial charge < -0.3 is 15.9 Å². The van der Waals surface area contributed by atoms with E-state index in [-0.39, 0.29) is 6.42 Å². The van der Waals surface area contributed by atoms with E-state index < -0.39 is 17.8 Å². The first-order chi connectivity index (χ1) is 5.90. The lowest BCUT2D eigenvalue weighted by atomic mass is 10.5. The van der Waals surface area contributed by atoms with E-state index >= 15 is 0 Å². The summed E-state index contributed by atoms with van der Waals surface area (Å²) in [4.78, 5) is 28.8. The van der Waals surface area contributed by atoms with Gasteiger partial charge in [-0.05, 0) is 0 Å². The van der Waals surface area contributed by atoms with Crippen LogP contribution in [0.25, 0.3) is 0 Å². The number of carboxylic acid groups (broad SMARTS) is 2. The molecule has 6 nitrogen and oxygen atoms in total. The third kappa shape index (κ3) is 25.4. The number of rotatable bonds is 3. The van der Waals surface area contributed by atoms with E-state index in [2.05, 4.69) is 5.73 Å². The quantitative estimate of drug-likeness (QED) is 0.522. The molecule has 0 aliphatic carbocycles. The number of hydrogen-bond acceptors (Lipinski definition) is 3. The van der Waals surface area contributed by atoms with E-state index in [0.717, 1.165) is 6.08 Å². The number of nitrogens with two attached hydrogens (primary N) is 1. The SMILES string of the molecule is CCC(=O)O.NC(=O)/C=C\C(=O)O. The molecular formula is C7H11NO5. The topological polar surface area (TPSA) is 118 Å². The highest BCUT2D eigenvalue weighted by molar-refractivity contribution is 5.92. The van der Waals surface area contributed by atoms with Crippen LogP contribution in [0, 0.1) is 0 Å². The van der Waals surface area contributed by atoms with Gasteiger partial charge in [0.25, 0.3) is 0 Å². The van der Waals surface area contributed by atoms with Gasteiger partial charge >= 0.3 is 11.9 Å². The Hall–Kier alpha value is -1.85. The Morgan fingerprint density at radius 1 is 1.23 bits per heavy atom. The molecule has 0 rings (SSSR count). The van der Waals surface area contributed by atoms with E-state index in [0.29, 0.717) is 6.08 Å². The molecule has 0 aliphatic heterocycles. The lowest BCUT2D eigenvalue weighted by Crippen LogP contribution is -2.06. The van der Waals surface area contributed by atoms with Crippen molar-refractivity contribution in [3.8, 4) is 0 Å². The molecule has 0 aromatic rings. The Labute approximate surface area is 74.7 Å². The zero-order chi connectivity index (χ0) is 10.9. The number of carbonyl (C=O) groups is 3. The van der Waals surface area contributed by atoms with E-state index in [9.17, 15) is 14.4 Å². The second kappa shape index (κ2) is 8.25. The lowest BCUT2D eigenvalue weighted by Gasteiger charge is -1.75. The third-order valence-corrected chi connectivity index (χ3v) is 0.693. The Morgan fingerprint density at radius 3 is 1.69 bits per heavy atom. The maximum atomic E-state index is 9.78. The van der Waals surface area contributed by atoms with Crippen LogP contribution < -0.4 is 5.73 Å². The van der Waals surface area contributed by atoms with Gasteiger partial charge in [0.1, 0.15) is 0 Å². The van der Waals surface area contributed by atoms with Crippen LogP contribution in [-0.4, -0.2) is 28.1 Å². The number of carboxylic acids is 2. The van der Waals surface area contributed by atoms with Gasteiger partial charge in [0.2, 0.25) is 5.91 Å². The zero-order valence-electron chi connectivity index (χ0n) is 7.06. The van der Waals surface area contributed by atoms with Crippen molar-refractivity contribution in [1.29, 1.82) is 0 Å². The maximum absolute atomic E-state index is 9.78. The van der Waals surface area contributed by atoms with Gasteiger partial charge in [-0.1, -0.05) is 6.92 Å². The van der Waals surface area contributed by atoms with Gasteiger partial charge in [0.05, 0.1) is 0 Å². The molecule has 0 fully saturated rings. The Balaban J connectivity index is 0. The third-order valence-electron chi connectivity index (χ3n) is 0.693. The largest absolute Gasteiger partial charge is 0.481 e. The highest BCUT2D eigenvalue weighted by Gasteiger charge is 1.86. The lowest BCUT2D eigenvalue weighted by molar-refractivity contribution is -0.136. The number of carbonyl (C=O) groups excluding carboxylic acids is 1. The van der Waals surface area contributed by atoms with Crippen molar-refractivity contribution >= 4 is 17.8 Å². The standard InChI is InChI=1S/C4H5NO3.C3H6O2/c5-3(6)1-2-4(7)8;1-2-3(4)5/h1-2H,(H2,5,6)(H,7,8);2H2,1H3,(H,4,5)/b2-1-;. The molecule has 0 spiro atoms. The second-order valence-corrected chi connectivity index (χ2v) is 1.82. The first-order valence-electron chi connectivity index (χ1n) is 3.32. The van der Waals surface area contributed by atoms with Crippen LogP contribution in [0.4, 0.5) is 0 Å². The van der Waals surface area contributed by atoms with Gasteiger partial charge in [0.15, 0.2) is 0 Å². The van der Waals surface area contributed by atoms with Crippen LogP contribution in [0.2, 0.25) is 0 Å². The molecule has 1 amide bonds. The summed E-state index contributed by atoms with van der Waals surface area (Å²) in [6.07, 6.45) is 1.69. The van der Waals surface area contributed by atoms with Crippen LogP contribution in [0.1, 0.15) is 13.3 Å². The molecule has 0 saturated carbocycles. The van der Waals surface area contributed by atoms with Crippen molar-refractivity contribution in [1.82, 2.24) is 0 Å². The van der Waals surface area contributed by atoms with Gasteiger partial charge in [-0.2, -0.15) is 0 Å². The molecule has 0 aromatic heterocycles. The molecule has 0 aliphatic rings. The van der Waals surface area contributed by atoms with E-state index in [1.165, 1.54) is 0 Å². The number of primary amides is 1. The molecule has 0 unspecified atom stereocenters. The average Bonchev–Trinajstić information content (AvgIpc) is 2.02. The molecule has 0 heterocycles. The van der Waals surface area contributed by atoms with Crippen molar-refractivity contribution in [2.24, 2.45) is 5.73 Å². The van der Waals surface area contributed by atoms with Crippen molar-refractivity contribution < 1.29 is 24.6 Å². The van der Waals surface area contributed by atoms with E-state index in [1.54, 1.807) is 6.92 Å². The van der Waals surface area contributed by atoms with Gasteiger partial charge in [0, 0.05) is 18.6 Å². The highest BCUT2D eigenvalue weighted by Crippen LogP contribution is 1.68. The number of aliphatic carboxylic acids is 2. The average molecular weight is 189 g/mol. The van der Waals surface area contributed by atoms with Gasteiger partial charge in [-0.25, -0.2) is 4.79 Å². The first kappa shape index (κ1) is 13.7. The van der Waals surface area contributed by atoms with Crippen LogP contribution in [-0.2, 0) is 14.4 Å². The summed E-state index contributed by atoms with van der Waals surface area (Å²) in [6.45, 7) is 1.60. The summed E-state index contributed by atoms with van der Waals surface area (Å²) in [5.41, 5.74) is 4.55. The fourth-order valence-electron chi connectivity index (χ4n) is 0.153. The maximum Gasteiger partial charge on any atom is 0.328 e. The minimum absolute atomic E-state index is 0.222. The van der Waals surface area contributed by atoms with E-state index in [1.807, 2.05) is 0 Å². The van der Waals surface area contributed by atoms with Crippen LogP contribution in [0.3, 0.4) is 0 Å². The minimum atomic E-state index is -1.18. The first-order valence-corrected chi connectivity index (χ1v) is 3.32. The molecule has 0 atom stereocenters. The summed E-state index contributed by atoms with van der Waals surface area (Å²) >= 11 is 0. The Bertz CT molecular complexity index is 205. The smallest absolute Gasteiger partial charge is 0.328 e.